The van der Waals surface area contributed by atoms with Gasteiger partial charge in [0.2, 0.25) is 0 Å². The number of hydrogen-bond acceptors (Lipinski definition) is 2. The van der Waals surface area contributed by atoms with Crippen LogP contribution in [-0.4, -0.2) is 20.2 Å². The highest BCUT2D eigenvalue weighted by atomic mass is 35.5. The molecule has 1 aromatic rings. The van der Waals surface area contributed by atoms with Crippen LogP contribution in [0.5, 0.6) is 5.75 Å². The van der Waals surface area contributed by atoms with Crippen molar-refractivity contribution >= 4 is 11.6 Å². The highest BCUT2D eigenvalue weighted by Crippen LogP contribution is 2.33. The molecular weight excluding hydrogens is 222 g/mol. The number of methoxy groups -OCH3 is 1. The molecule has 0 saturated carbocycles. The summed E-state index contributed by atoms with van der Waals surface area (Å²) in [4.78, 5) is 0. The van der Waals surface area contributed by atoms with E-state index >= 15 is 0 Å². The second kappa shape index (κ2) is 5.55. The lowest BCUT2D eigenvalue weighted by Gasteiger charge is -2.18. The zero-order valence-electron chi connectivity index (χ0n) is 9.63. The lowest BCUT2D eigenvalue weighted by atomic mass is 9.94. The molecule has 1 unspecified atom stereocenters. The van der Waals surface area contributed by atoms with Crippen LogP contribution in [0.15, 0.2) is 18.2 Å². The van der Waals surface area contributed by atoms with Gasteiger partial charge in [-0.2, -0.15) is 0 Å². The molecule has 1 atom stereocenters. The molecule has 2 rings (SSSR count). The fourth-order valence-corrected chi connectivity index (χ4v) is 2.49. The monoisotopic (exact) mass is 239 g/mol. The molecule has 1 aliphatic heterocycles. The maximum absolute atomic E-state index is 6.06. The quantitative estimate of drug-likeness (QED) is 0.856. The third-order valence-electron chi connectivity index (χ3n) is 3.18. The molecule has 0 radical (unpaired) electrons. The Morgan fingerprint density at radius 1 is 1.38 bits per heavy atom. The third kappa shape index (κ3) is 2.69. The zero-order valence-corrected chi connectivity index (χ0v) is 10.4. The maximum atomic E-state index is 6.06. The van der Waals surface area contributed by atoms with Crippen molar-refractivity contribution in [3.05, 3.63) is 28.8 Å². The minimum atomic E-state index is 0.524. The minimum Gasteiger partial charge on any atom is -0.496 e. The first-order chi connectivity index (χ1) is 7.81. The molecule has 0 aliphatic carbocycles. The fraction of sp³-hybridized carbons (Fsp3) is 0.538. The number of nitrogens with one attached hydrogen (secondary N) is 1. The predicted molar refractivity (Wildman–Crippen MR) is 67.5 cm³/mol. The summed E-state index contributed by atoms with van der Waals surface area (Å²) in [5.74, 6) is 1.48. The van der Waals surface area contributed by atoms with Crippen LogP contribution in [0.2, 0.25) is 5.02 Å². The Labute approximate surface area is 102 Å². The van der Waals surface area contributed by atoms with E-state index in [1.807, 2.05) is 18.2 Å². The average molecular weight is 240 g/mol. The number of benzene rings is 1. The van der Waals surface area contributed by atoms with Crippen LogP contribution >= 0.6 is 11.6 Å². The Hall–Kier alpha value is -0.730. The molecular formula is C13H18ClNO. The number of halogens is 1. The molecule has 0 spiro atoms. The van der Waals surface area contributed by atoms with E-state index in [9.17, 15) is 0 Å². The van der Waals surface area contributed by atoms with Gasteiger partial charge in [-0.1, -0.05) is 18.0 Å². The van der Waals surface area contributed by atoms with E-state index < -0.39 is 0 Å². The first kappa shape index (κ1) is 11.7. The van der Waals surface area contributed by atoms with E-state index in [4.69, 9.17) is 16.3 Å². The van der Waals surface area contributed by atoms with Gasteiger partial charge in [-0.25, -0.2) is 0 Å². The summed E-state index contributed by atoms with van der Waals surface area (Å²) in [6, 6.07) is 5.88. The molecule has 1 aliphatic rings. The molecule has 1 N–H and O–H groups in total. The van der Waals surface area contributed by atoms with E-state index in [1.54, 1.807) is 7.11 Å². The highest BCUT2D eigenvalue weighted by Gasteiger charge is 2.18. The van der Waals surface area contributed by atoms with E-state index in [0.717, 1.165) is 23.9 Å². The Morgan fingerprint density at radius 3 is 3.06 bits per heavy atom. The predicted octanol–water partition coefficient (Wildman–Crippen LogP) is 3.21. The fourth-order valence-electron chi connectivity index (χ4n) is 2.31. The lowest BCUT2D eigenvalue weighted by molar-refractivity contribution is 0.403. The van der Waals surface area contributed by atoms with Gasteiger partial charge in [0.25, 0.3) is 0 Å². The topological polar surface area (TPSA) is 21.3 Å². The Bertz CT molecular complexity index is 346. The first-order valence-corrected chi connectivity index (χ1v) is 6.23. The summed E-state index contributed by atoms with van der Waals surface area (Å²) in [6.07, 6.45) is 3.75. The van der Waals surface area contributed by atoms with Crippen molar-refractivity contribution < 1.29 is 4.74 Å². The van der Waals surface area contributed by atoms with Crippen LogP contribution in [-0.2, 0) is 0 Å². The van der Waals surface area contributed by atoms with Gasteiger partial charge in [0.1, 0.15) is 5.75 Å². The van der Waals surface area contributed by atoms with Crippen LogP contribution < -0.4 is 10.1 Å². The Balaban J connectivity index is 2.25. The smallest absolute Gasteiger partial charge is 0.122 e. The molecule has 2 nitrogen and oxygen atoms in total. The minimum absolute atomic E-state index is 0.524. The van der Waals surface area contributed by atoms with Crippen molar-refractivity contribution in [2.24, 2.45) is 0 Å². The van der Waals surface area contributed by atoms with Crippen molar-refractivity contribution in [1.29, 1.82) is 0 Å². The number of rotatable bonds is 2. The molecule has 0 bridgehead atoms. The molecule has 0 aromatic heterocycles. The van der Waals surface area contributed by atoms with Crippen LogP contribution in [0, 0.1) is 0 Å². The molecule has 1 heterocycles. The van der Waals surface area contributed by atoms with Crippen molar-refractivity contribution in [3.8, 4) is 5.75 Å². The van der Waals surface area contributed by atoms with Gasteiger partial charge in [0.05, 0.1) is 7.11 Å². The average Bonchev–Trinajstić information content (AvgIpc) is 2.57. The lowest BCUT2D eigenvalue weighted by Crippen LogP contribution is -2.19. The van der Waals surface area contributed by atoms with Crippen LogP contribution in [0.1, 0.15) is 30.7 Å². The molecule has 0 amide bonds. The SMILES string of the molecule is COc1ccc(Cl)cc1C1CCCCNC1. The summed E-state index contributed by atoms with van der Waals surface area (Å²) < 4.78 is 5.41. The molecule has 16 heavy (non-hydrogen) atoms. The highest BCUT2D eigenvalue weighted by molar-refractivity contribution is 6.30. The van der Waals surface area contributed by atoms with E-state index in [-0.39, 0.29) is 0 Å². The summed E-state index contributed by atoms with van der Waals surface area (Å²) in [5, 5.41) is 4.26. The second-order valence-electron chi connectivity index (χ2n) is 4.28. The normalized spacial score (nSPS) is 21.5. The van der Waals surface area contributed by atoms with E-state index in [0.29, 0.717) is 5.92 Å². The van der Waals surface area contributed by atoms with Crippen LogP contribution in [0.25, 0.3) is 0 Å². The van der Waals surface area contributed by atoms with Gasteiger partial charge in [-0.3, -0.25) is 0 Å². The van der Waals surface area contributed by atoms with E-state index in [2.05, 4.69) is 5.32 Å². The molecule has 88 valence electrons. The van der Waals surface area contributed by atoms with Crippen molar-refractivity contribution in [1.82, 2.24) is 5.32 Å². The number of ether oxygens (including phenoxy) is 1. The summed E-state index contributed by atoms with van der Waals surface area (Å²) in [6.45, 7) is 2.15. The molecule has 3 heteroatoms. The van der Waals surface area contributed by atoms with Crippen molar-refractivity contribution in [2.75, 3.05) is 20.2 Å². The standard InChI is InChI=1S/C13H18ClNO/c1-16-13-6-5-11(14)8-12(13)10-4-2-3-7-15-9-10/h5-6,8,10,15H,2-4,7,9H2,1H3. The third-order valence-corrected chi connectivity index (χ3v) is 3.41. The Kier molecular flexibility index (Phi) is 4.08. The van der Waals surface area contributed by atoms with E-state index in [1.165, 1.54) is 24.8 Å². The van der Waals surface area contributed by atoms with Gasteiger partial charge in [0.15, 0.2) is 0 Å². The largest absolute Gasteiger partial charge is 0.496 e. The van der Waals surface area contributed by atoms with Gasteiger partial charge >= 0.3 is 0 Å². The maximum Gasteiger partial charge on any atom is 0.122 e. The van der Waals surface area contributed by atoms with Crippen molar-refractivity contribution in [2.45, 2.75) is 25.2 Å². The zero-order chi connectivity index (χ0) is 11.4. The van der Waals surface area contributed by atoms with Gasteiger partial charge in [-0.05, 0) is 43.1 Å². The number of hydrogen-bond donors (Lipinski definition) is 1. The van der Waals surface area contributed by atoms with Crippen LogP contribution in [0.4, 0.5) is 0 Å². The summed E-state index contributed by atoms with van der Waals surface area (Å²) >= 11 is 6.06. The van der Waals surface area contributed by atoms with Crippen molar-refractivity contribution in [3.63, 3.8) is 0 Å². The molecule has 1 fully saturated rings. The van der Waals surface area contributed by atoms with Crippen LogP contribution in [0.3, 0.4) is 0 Å². The second-order valence-corrected chi connectivity index (χ2v) is 4.72. The summed E-state index contributed by atoms with van der Waals surface area (Å²) in [7, 11) is 1.72. The molecule has 1 saturated heterocycles. The van der Waals surface area contributed by atoms with Gasteiger partial charge < -0.3 is 10.1 Å². The molecule has 1 aromatic carbocycles. The first-order valence-electron chi connectivity index (χ1n) is 5.85. The van der Waals surface area contributed by atoms with Gasteiger partial charge in [-0.15, -0.1) is 0 Å². The summed E-state index contributed by atoms with van der Waals surface area (Å²) in [5.41, 5.74) is 1.24. The van der Waals surface area contributed by atoms with Gasteiger partial charge in [0, 0.05) is 17.5 Å². The Morgan fingerprint density at radius 2 is 2.25 bits per heavy atom.